The molecule has 3 aromatic heterocycles. The van der Waals surface area contributed by atoms with Crippen molar-refractivity contribution in [3.63, 3.8) is 0 Å². The molecule has 0 radical (unpaired) electrons. The second-order valence-electron chi connectivity index (χ2n) is 8.88. The van der Waals surface area contributed by atoms with Gasteiger partial charge in [0, 0.05) is 32.6 Å². The Labute approximate surface area is 168 Å². The van der Waals surface area contributed by atoms with Crippen molar-refractivity contribution in [2.75, 3.05) is 0 Å². The monoisotopic (exact) mass is 397 g/mol. The number of rotatable bonds is 7. The molecule has 154 valence electrons. The Kier molecular flexibility index (Phi) is 4.26. The Hall–Kier alpha value is -2.64. The lowest BCUT2D eigenvalue weighted by Crippen LogP contribution is -2.39. The lowest BCUT2D eigenvalue weighted by molar-refractivity contribution is 0.250. The van der Waals surface area contributed by atoms with Gasteiger partial charge in [-0.05, 0) is 50.4 Å². The van der Waals surface area contributed by atoms with Gasteiger partial charge in [0.2, 0.25) is 0 Å². The van der Waals surface area contributed by atoms with E-state index in [4.69, 9.17) is 4.52 Å². The van der Waals surface area contributed by atoms with Crippen molar-refractivity contribution < 1.29 is 4.52 Å². The molecule has 0 aromatic carbocycles. The third-order valence-electron chi connectivity index (χ3n) is 6.96. The fourth-order valence-corrected chi connectivity index (χ4v) is 4.93. The highest BCUT2D eigenvalue weighted by Crippen LogP contribution is 2.65. The molecule has 1 unspecified atom stereocenters. The van der Waals surface area contributed by atoms with Crippen LogP contribution in [0.15, 0.2) is 26.5 Å². The van der Waals surface area contributed by atoms with Crippen LogP contribution in [0.5, 0.6) is 0 Å². The second-order valence-corrected chi connectivity index (χ2v) is 8.88. The van der Waals surface area contributed by atoms with Gasteiger partial charge in [0.1, 0.15) is 5.76 Å². The lowest BCUT2D eigenvalue weighted by Gasteiger charge is -2.26. The number of aryl methyl sites for hydroxylation is 3. The van der Waals surface area contributed by atoms with E-state index in [1.807, 2.05) is 17.6 Å². The maximum absolute atomic E-state index is 13.2. The molecule has 5 rings (SSSR count). The predicted molar refractivity (Wildman–Crippen MR) is 108 cm³/mol. The van der Waals surface area contributed by atoms with Gasteiger partial charge in [0.15, 0.2) is 11.2 Å². The summed E-state index contributed by atoms with van der Waals surface area (Å²) in [5, 5.41) is 3.89. The van der Waals surface area contributed by atoms with Gasteiger partial charge in [0.25, 0.3) is 5.56 Å². The fourth-order valence-electron chi connectivity index (χ4n) is 4.93. The number of aromatic nitrogens is 5. The van der Waals surface area contributed by atoms with Crippen LogP contribution < -0.4 is 11.2 Å². The minimum absolute atomic E-state index is 0.223. The topological polar surface area (TPSA) is 87.9 Å². The third kappa shape index (κ3) is 3.05. The van der Waals surface area contributed by atoms with E-state index in [9.17, 15) is 9.59 Å². The minimum Gasteiger partial charge on any atom is -0.361 e. The number of unbranched alkanes of at least 4 members (excludes halogenated alkanes) is 1. The average Bonchev–Trinajstić information content (AvgIpc) is 3.02. The average molecular weight is 397 g/mol. The first kappa shape index (κ1) is 18.4. The summed E-state index contributed by atoms with van der Waals surface area (Å²) >= 11 is 0. The maximum atomic E-state index is 13.2. The van der Waals surface area contributed by atoms with Crippen molar-refractivity contribution in [3.8, 4) is 0 Å². The van der Waals surface area contributed by atoms with Crippen LogP contribution in [0.1, 0.15) is 50.0 Å². The molecule has 3 heterocycles. The zero-order chi connectivity index (χ0) is 20.2. The van der Waals surface area contributed by atoms with Gasteiger partial charge in [0.05, 0.1) is 12.0 Å². The molecule has 2 aliphatic carbocycles. The normalized spacial score (nSPS) is 19.7. The van der Waals surface area contributed by atoms with Crippen LogP contribution in [0.3, 0.4) is 0 Å². The van der Waals surface area contributed by atoms with Crippen molar-refractivity contribution >= 4 is 11.2 Å². The first-order valence-electron chi connectivity index (χ1n) is 10.6. The quantitative estimate of drug-likeness (QED) is 0.571. The summed E-state index contributed by atoms with van der Waals surface area (Å²) < 4.78 is 10.1. The van der Waals surface area contributed by atoms with Gasteiger partial charge in [-0.2, -0.15) is 0 Å². The van der Waals surface area contributed by atoms with Gasteiger partial charge in [-0.1, -0.05) is 11.6 Å². The predicted octanol–water partition coefficient (Wildman–Crippen LogP) is 2.41. The highest BCUT2D eigenvalue weighted by molar-refractivity contribution is 5.70. The molecule has 1 spiro atoms. The molecule has 2 fully saturated rings. The first-order chi connectivity index (χ1) is 14.0. The van der Waals surface area contributed by atoms with Crippen LogP contribution in [0.2, 0.25) is 0 Å². The molecule has 2 aliphatic rings. The molecular weight excluding hydrogens is 370 g/mol. The van der Waals surface area contributed by atoms with Crippen LogP contribution in [0, 0.1) is 18.3 Å². The summed E-state index contributed by atoms with van der Waals surface area (Å²) in [5.74, 6) is 1.48. The third-order valence-corrected chi connectivity index (χ3v) is 6.96. The molecule has 0 aliphatic heterocycles. The Bertz CT molecular complexity index is 1180. The zero-order valence-corrected chi connectivity index (χ0v) is 17.1. The van der Waals surface area contributed by atoms with Crippen LogP contribution in [-0.2, 0) is 26.6 Å². The zero-order valence-electron chi connectivity index (χ0n) is 17.1. The number of imidazole rings is 1. The van der Waals surface area contributed by atoms with E-state index in [0.29, 0.717) is 29.0 Å². The fraction of sp³-hybridized carbons (Fsp3) is 0.619. The second kappa shape index (κ2) is 6.71. The van der Waals surface area contributed by atoms with Crippen LogP contribution >= 0.6 is 0 Å². The van der Waals surface area contributed by atoms with Gasteiger partial charge in [-0.3, -0.25) is 13.9 Å². The Morgan fingerprint density at radius 3 is 2.76 bits per heavy atom. The van der Waals surface area contributed by atoms with Crippen LogP contribution in [0.25, 0.3) is 11.2 Å². The van der Waals surface area contributed by atoms with Crippen molar-refractivity contribution in [1.82, 2.24) is 23.8 Å². The molecule has 0 bridgehead atoms. The Morgan fingerprint density at radius 1 is 1.28 bits per heavy atom. The summed E-state index contributed by atoms with van der Waals surface area (Å²) in [4.78, 5) is 30.3. The molecule has 0 amide bonds. The first-order valence-corrected chi connectivity index (χ1v) is 10.6. The van der Waals surface area contributed by atoms with Crippen LogP contribution in [-0.4, -0.2) is 23.8 Å². The Balaban J connectivity index is 1.36. The molecule has 1 atom stereocenters. The van der Waals surface area contributed by atoms with Gasteiger partial charge >= 0.3 is 5.69 Å². The largest absolute Gasteiger partial charge is 0.361 e. The summed E-state index contributed by atoms with van der Waals surface area (Å²) in [7, 11) is 1.69. The standard InChI is InChI=1S/C21H27N5O3/c1-14-10-16(29-23-14)6-3-4-9-26-19(27)17-18(24(2)20(26)28)22-13-25(17)12-15-11-21(15)7-5-8-21/h10,13,15H,3-9,11-12H2,1-2H3. The van der Waals surface area contributed by atoms with E-state index >= 15 is 0 Å². The van der Waals surface area contributed by atoms with Crippen molar-refractivity contribution in [2.24, 2.45) is 18.4 Å². The highest BCUT2D eigenvalue weighted by Gasteiger charge is 2.57. The molecule has 2 saturated carbocycles. The summed E-state index contributed by atoms with van der Waals surface area (Å²) in [5.41, 5.74) is 1.92. The van der Waals surface area contributed by atoms with Crippen molar-refractivity contribution in [1.29, 1.82) is 0 Å². The highest BCUT2D eigenvalue weighted by atomic mass is 16.5. The number of nitrogens with zero attached hydrogens (tertiary/aromatic N) is 5. The number of hydrogen-bond donors (Lipinski definition) is 0. The molecule has 29 heavy (non-hydrogen) atoms. The number of fused-ring (bicyclic) bond motifs is 1. The number of hydrogen-bond acceptors (Lipinski definition) is 5. The van der Waals surface area contributed by atoms with E-state index in [2.05, 4.69) is 10.1 Å². The molecule has 8 heteroatoms. The minimum atomic E-state index is -0.301. The summed E-state index contributed by atoms with van der Waals surface area (Å²) in [6.07, 6.45) is 9.25. The summed E-state index contributed by atoms with van der Waals surface area (Å²) in [6, 6.07) is 1.92. The van der Waals surface area contributed by atoms with Crippen molar-refractivity contribution in [3.05, 3.63) is 44.7 Å². The molecule has 8 nitrogen and oxygen atoms in total. The lowest BCUT2D eigenvalue weighted by atomic mass is 9.80. The van der Waals surface area contributed by atoms with E-state index in [1.165, 1.54) is 34.8 Å². The smallest absolute Gasteiger partial charge is 0.332 e. The van der Waals surface area contributed by atoms with E-state index in [1.54, 1.807) is 13.4 Å². The van der Waals surface area contributed by atoms with E-state index in [-0.39, 0.29) is 11.2 Å². The SMILES string of the molecule is Cc1cc(CCCCn2c(=O)c3c(ncn3CC3CC34CCC4)n(C)c2=O)on1. The molecule has 3 aromatic rings. The van der Waals surface area contributed by atoms with Gasteiger partial charge in [-0.25, -0.2) is 9.78 Å². The Morgan fingerprint density at radius 2 is 2.10 bits per heavy atom. The molecule has 0 saturated heterocycles. The molecular formula is C21H27N5O3. The molecule has 0 N–H and O–H groups in total. The van der Waals surface area contributed by atoms with Crippen LogP contribution in [0.4, 0.5) is 0 Å². The van der Waals surface area contributed by atoms with Gasteiger partial charge < -0.3 is 9.09 Å². The maximum Gasteiger partial charge on any atom is 0.332 e. The van der Waals surface area contributed by atoms with Crippen molar-refractivity contribution in [2.45, 2.75) is 65.0 Å². The van der Waals surface area contributed by atoms with Gasteiger partial charge in [-0.15, -0.1) is 0 Å². The van der Waals surface area contributed by atoms with E-state index < -0.39 is 0 Å². The van der Waals surface area contributed by atoms with E-state index in [0.717, 1.165) is 37.3 Å². The summed E-state index contributed by atoms with van der Waals surface area (Å²) in [6.45, 7) is 3.12.